The molecule has 0 bridgehead atoms. The maximum absolute atomic E-state index is 11.9. The third-order valence-corrected chi connectivity index (χ3v) is 5.66. The van der Waals surface area contributed by atoms with Crippen molar-refractivity contribution in [3.8, 4) is 34.6 Å². The maximum atomic E-state index is 11.9. The van der Waals surface area contributed by atoms with Crippen molar-refractivity contribution in [2.75, 3.05) is 27.1 Å². The first-order valence-corrected chi connectivity index (χ1v) is 12.3. The van der Waals surface area contributed by atoms with Gasteiger partial charge in [-0.05, 0) is 37.3 Å². The van der Waals surface area contributed by atoms with E-state index < -0.39 is 9.84 Å². The van der Waals surface area contributed by atoms with Crippen LogP contribution in [0.15, 0.2) is 48.5 Å². The number of aromatic nitrogens is 4. The highest BCUT2D eigenvalue weighted by molar-refractivity contribution is 7.89. The van der Waals surface area contributed by atoms with Gasteiger partial charge in [-0.25, -0.2) is 23.4 Å². The van der Waals surface area contributed by atoms with E-state index in [-0.39, 0.29) is 5.75 Å². The summed E-state index contributed by atoms with van der Waals surface area (Å²) in [6.45, 7) is 2.36. The molecule has 0 aliphatic heterocycles. The zero-order valence-electron chi connectivity index (χ0n) is 18.8. The number of ether oxygens (including phenoxy) is 3. The fourth-order valence-corrected chi connectivity index (χ4v) is 4.25. The number of fused-ring (bicyclic) bond motifs is 1. The second kappa shape index (κ2) is 9.07. The Morgan fingerprint density at radius 2 is 1.61 bits per heavy atom. The first-order chi connectivity index (χ1) is 15.8. The largest absolute Gasteiger partial charge is 0.494 e. The lowest BCUT2D eigenvalue weighted by Gasteiger charge is -2.16. The van der Waals surface area contributed by atoms with Gasteiger partial charge in [0.25, 0.3) is 0 Å². The van der Waals surface area contributed by atoms with Crippen molar-refractivity contribution in [2.24, 2.45) is 0 Å². The summed E-state index contributed by atoms with van der Waals surface area (Å²) in [5, 5.41) is 0. The van der Waals surface area contributed by atoms with Gasteiger partial charge in [-0.15, -0.1) is 0 Å². The van der Waals surface area contributed by atoms with Crippen molar-refractivity contribution in [3.05, 3.63) is 54.2 Å². The molecular weight excluding hydrogens is 444 g/mol. The molecule has 0 amide bonds. The minimum absolute atomic E-state index is 0.190. The standard InChI is InChI=1S/C23H24N4O5S/c1-5-32-20-11-6-8-16(25-20)23-26-17-13-12-15(14-33(4,28)29)24-22(17)27(23)21-18(30-2)9-7-10-19(21)31-3/h6-13H,5,14H2,1-4H3. The molecule has 10 heteroatoms. The van der Waals surface area contributed by atoms with Crippen LogP contribution in [0.25, 0.3) is 28.4 Å². The van der Waals surface area contributed by atoms with Crippen LogP contribution in [-0.2, 0) is 15.6 Å². The molecule has 9 nitrogen and oxygen atoms in total. The van der Waals surface area contributed by atoms with Crippen molar-refractivity contribution in [1.29, 1.82) is 0 Å². The number of imidazole rings is 1. The van der Waals surface area contributed by atoms with Gasteiger partial charge >= 0.3 is 0 Å². The van der Waals surface area contributed by atoms with Gasteiger partial charge in [-0.1, -0.05) is 12.1 Å². The fourth-order valence-electron chi connectivity index (χ4n) is 3.55. The quantitative estimate of drug-likeness (QED) is 0.387. The van der Waals surface area contributed by atoms with Gasteiger partial charge in [-0.3, -0.25) is 4.57 Å². The van der Waals surface area contributed by atoms with E-state index in [1.807, 2.05) is 25.1 Å². The van der Waals surface area contributed by atoms with Crippen molar-refractivity contribution >= 4 is 21.0 Å². The number of pyridine rings is 2. The lowest BCUT2D eigenvalue weighted by molar-refractivity contribution is 0.327. The smallest absolute Gasteiger partial charge is 0.213 e. The summed E-state index contributed by atoms with van der Waals surface area (Å²) in [7, 11) is -0.151. The van der Waals surface area contributed by atoms with Gasteiger partial charge < -0.3 is 14.2 Å². The number of para-hydroxylation sites is 1. The summed E-state index contributed by atoms with van der Waals surface area (Å²) in [4.78, 5) is 14.0. The number of sulfone groups is 1. The van der Waals surface area contributed by atoms with Crippen LogP contribution in [0.4, 0.5) is 0 Å². The van der Waals surface area contributed by atoms with Crippen LogP contribution in [0.1, 0.15) is 12.6 Å². The van der Waals surface area contributed by atoms with E-state index in [9.17, 15) is 8.42 Å². The monoisotopic (exact) mass is 468 g/mol. The Labute approximate surface area is 191 Å². The summed E-state index contributed by atoms with van der Waals surface area (Å²) in [5.74, 6) is 1.83. The van der Waals surface area contributed by atoms with Gasteiger partial charge in [0.15, 0.2) is 21.3 Å². The number of nitrogens with zero attached hydrogens (tertiary/aromatic N) is 4. The van der Waals surface area contributed by atoms with E-state index in [1.54, 1.807) is 49.1 Å². The topological polar surface area (TPSA) is 105 Å². The summed E-state index contributed by atoms with van der Waals surface area (Å²) in [6, 6.07) is 14.3. The second-order valence-corrected chi connectivity index (χ2v) is 9.43. The molecule has 4 rings (SSSR count). The normalized spacial score (nSPS) is 11.5. The molecule has 0 N–H and O–H groups in total. The molecule has 3 heterocycles. The van der Waals surface area contributed by atoms with Crippen LogP contribution in [0.3, 0.4) is 0 Å². The third kappa shape index (κ3) is 4.61. The molecule has 4 aromatic rings. The Bertz CT molecular complexity index is 1390. The van der Waals surface area contributed by atoms with Gasteiger partial charge in [-0.2, -0.15) is 0 Å². The maximum Gasteiger partial charge on any atom is 0.213 e. The van der Waals surface area contributed by atoms with Crippen LogP contribution >= 0.6 is 0 Å². The summed E-state index contributed by atoms with van der Waals surface area (Å²) < 4.78 is 42.4. The highest BCUT2D eigenvalue weighted by atomic mass is 32.2. The minimum Gasteiger partial charge on any atom is -0.494 e. The molecule has 0 unspecified atom stereocenters. The van der Waals surface area contributed by atoms with E-state index in [2.05, 4.69) is 9.97 Å². The molecule has 33 heavy (non-hydrogen) atoms. The molecule has 0 fully saturated rings. The molecule has 0 aliphatic rings. The zero-order chi connectivity index (χ0) is 23.6. The SMILES string of the molecule is CCOc1cccc(-c2nc3ccc(CS(C)(=O)=O)nc3n2-c2c(OC)cccc2OC)n1. The number of methoxy groups -OCH3 is 2. The van der Waals surface area contributed by atoms with E-state index >= 15 is 0 Å². The molecule has 0 saturated heterocycles. The number of hydrogen-bond donors (Lipinski definition) is 0. The van der Waals surface area contributed by atoms with Crippen molar-refractivity contribution < 1.29 is 22.6 Å². The van der Waals surface area contributed by atoms with Crippen LogP contribution in [-0.4, -0.2) is 55.0 Å². The number of rotatable bonds is 8. The molecule has 0 atom stereocenters. The summed E-state index contributed by atoms with van der Waals surface area (Å²) in [6.07, 6.45) is 1.17. The Morgan fingerprint density at radius 1 is 0.909 bits per heavy atom. The molecule has 0 spiro atoms. The van der Waals surface area contributed by atoms with E-state index in [0.717, 1.165) is 0 Å². The van der Waals surface area contributed by atoms with Crippen molar-refractivity contribution in [3.63, 3.8) is 0 Å². The second-order valence-electron chi connectivity index (χ2n) is 7.29. The predicted octanol–water partition coefficient (Wildman–Crippen LogP) is 3.44. The molecule has 1 aromatic carbocycles. The van der Waals surface area contributed by atoms with Gasteiger partial charge in [0.05, 0.1) is 32.3 Å². The number of benzene rings is 1. The van der Waals surface area contributed by atoms with E-state index in [4.69, 9.17) is 19.2 Å². The summed E-state index contributed by atoms with van der Waals surface area (Å²) in [5.41, 5.74) is 2.56. The van der Waals surface area contributed by atoms with E-state index in [1.165, 1.54) is 6.26 Å². The highest BCUT2D eigenvalue weighted by Gasteiger charge is 2.23. The lowest BCUT2D eigenvalue weighted by Crippen LogP contribution is -2.07. The fraction of sp³-hybridized carbons (Fsp3) is 0.261. The van der Waals surface area contributed by atoms with Gasteiger partial charge in [0, 0.05) is 12.3 Å². The van der Waals surface area contributed by atoms with Gasteiger partial charge in [0.2, 0.25) is 5.88 Å². The Morgan fingerprint density at radius 3 is 2.24 bits per heavy atom. The molecule has 0 saturated carbocycles. The first kappa shape index (κ1) is 22.5. The van der Waals surface area contributed by atoms with Crippen LogP contribution in [0.5, 0.6) is 17.4 Å². The molecule has 3 aromatic heterocycles. The first-order valence-electron chi connectivity index (χ1n) is 10.2. The van der Waals surface area contributed by atoms with Crippen molar-refractivity contribution in [2.45, 2.75) is 12.7 Å². The predicted molar refractivity (Wildman–Crippen MR) is 125 cm³/mol. The van der Waals surface area contributed by atoms with E-state index in [0.29, 0.717) is 58.0 Å². The lowest BCUT2D eigenvalue weighted by atomic mass is 10.2. The van der Waals surface area contributed by atoms with Crippen LogP contribution < -0.4 is 14.2 Å². The Kier molecular flexibility index (Phi) is 6.19. The molecule has 0 radical (unpaired) electrons. The van der Waals surface area contributed by atoms with Crippen LogP contribution in [0, 0.1) is 0 Å². The van der Waals surface area contributed by atoms with Gasteiger partial charge in [0.1, 0.15) is 28.4 Å². The molecule has 172 valence electrons. The Hall–Kier alpha value is -3.66. The number of hydrogen-bond acceptors (Lipinski definition) is 8. The third-order valence-electron chi connectivity index (χ3n) is 4.84. The van der Waals surface area contributed by atoms with Crippen molar-refractivity contribution in [1.82, 2.24) is 19.5 Å². The average Bonchev–Trinajstić information content (AvgIpc) is 3.16. The highest BCUT2D eigenvalue weighted by Crippen LogP contribution is 2.38. The average molecular weight is 469 g/mol. The minimum atomic E-state index is -3.28. The van der Waals surface area contributed by atoms with Crippen LogP contribution in [0.2, 0.25) is 0 Å². The molecule has 0 aliphatic carbocycles. The Balaban J connectivity index is 2.06. The zero-order valence-corrected chi connectivity index (χ0v) is 19.6. The molecular formula is C23H24N4O5S. The summed E-state index contributed by atoms with van der Waals surface area (Å²) >= 11 is 0.